The first-order valence-corrected chi connectivity index (χ1v) is 9.28. The third-order valence-electron chi connectivity index (χ3n) is 4.32. The number of nitriles is 1. The molecule has 4 N–H and O–H groups in total. The highest BCUT2D eigenvalue weighted by atomic mass is 32.1. The molecule has 10 heteroatoms. The van der Waals surface area contributed by atoms with Gasteiger partial charge in [0.25, 0.3) is 6.20 Å². The molecule has 0 atom stereocenters. The Bertz CT molecular complexity index is 1310. The molecule has 1 aromatic carbocycles. The van der Waals surface area contributed by atoms with E-state index in [0.717, 1.165) is 22.5 Å². The normalized spacial score (nSPS) is 11.7. The zero-order chi connectivity index (χ0) is 20.7. The quantitative estimate of drug-likeness (QED) is 0.298. The summed E-state index contributed by atoms with van der Waals surface area (Å²) in [6.07, 6.45) is 1.46. The minimum atomic E-state index is -0.589. The molecule has 0 aliphatic rings. The minimum absolute atomic E-state index is 0.0540. The van der Waals surface area contributed by atoms with E-state index >= 15 is 0 Å². The second kappa shape index (κ2) is 6.88. The number of benzene rings is 1. The van der Waals surface area contributed by atoms with Crippen LogP contribution in [0.15, 0.2) is 40.0 Å². The summed E-state index contributed by atoms with van der Waals surface area (Å²) in [5, 5.41) is 26.5. The van der Waals surface area contributed by atoms with Gasteiger partial charge in [-0.15, -0.1) is 11.3 Å². The summed E-state index contributed by atoms with van der Waals surface area (Å²) in [6, 6.07) is 9.71. The molecule has 0 spiro atoms. The largest absolute Gasteiger partial charge is 0.857 e. The number of aliphatic imine (C=N–C) groups is 1. The monoisotopic (exact) mass is 405 g/mol. The van der Waals surface area contributed by atoms with Crippen LogP contribution in [0.25, 0.3) is 21.3 Å². The molecule has 3 aromatic heterocycles. The number of hydrogen-bond donors (Lipinski definition) is 2. The molecule has 4 rings (SSSR count). The van der Waals surface area contributed by atoms with E-state index in [1.165, 1.54) is 10.9 Å². The lowest BCUT2D eigenvalue weighted by Gasteiger charge is -2.10. The van der Waals surface area contributed by atoms with Gasteiger partial charge in [0.15, 0.2) is 12.3 Å². The van der Waals surface area contributed by atoms with Crippen LogP contribution in [-0.2, 0) is 7.05 Å². The summed E-state index contributed by atoms with van der Waals surface area (Å²) in [6.45, 7) is 1.96. The number of aryl methyl sites for hydroxylation is 2. The van der Waals surface area contributed by atoms with Crippen molar-refractivity contribution in [3.63, 3.8) is 0 Å². The molecule has 9 nitrogen and oxygen atoms in total. The molecule has 0 saturated heterocycles. The molecule has 0 saturated carbocycles. The van der Waals surface area contributed by atoms with Gasteiger partial charge in [-0.1, -0.05) is 34.5 Å². The minimum Gasteiger partial charge on any atom is -0.857 e. The fourth-order valence-corrected chi connectivity index (χ4v) is 3.96. The van der Waals surface area contributed by atoms with Gasteiger partial charge in [-0.05, 0) is 12.5 Å². The Labute approximate surface area is 169 Å². The molecule has 3 heterocycles. The lowest BCUT2D eigenvalue weighted by Crippen LogP contribution is -2.27. The second-order valence-electron chi connectivity index (χ2n) is 6.38. The van der Waals surface area contributed by atoms with Gasteiger partial charge in [-0.3, -0.25) is 4.52 Å². The van der Waals surface area contributed by atoms with Crippen molar-refractivity contribution in [2.75, 3.05) is 11.5 Å². The van der Waals surface area contributed by atoms with Crippen molar-refractivity contribution in [1.82, 2.24) is 10.3 Å². The summed E-state index contributed by atoms with van der Waals surface area (Å²) >= 11 is 1.07. The number of anilines is 2. The first-order valence-electron chi connectivity index (χ1n) is 8.46. The number of nitrogens with two attached hydrogens (primary N) is 2. The first-order chi connectivity index (χ1) is 13.9. The Kier molecular flexibility index (Phi) is 4.37. The number of nitrogen functional groups attached to an aromatic ring is 2. The number of nitrogens with zero attached hydrogens (tertiary/aromatic N) is 5. The van der Waals surface area contributed by atoms with Crippen molar-refractivity contribution >= 4 is 44.8 Å². The standard InChI is InChI=1S/C19H15N7O2S/c1-9-3-5-10(6-4-9)13-11(7-20)17(22)24-19-14(13)15(21)16(29-19)18(27)23-12-8-26(2)25-28-12/h3-6,8H,1-2H3,(H4-,21,22,23,24,25,27). The second-order valence-corrected chi connectivity index (χ2v) is 7.38. The van der Waals surface area contributed by atoms with Crippen LogP contribution in [0.4, 0.5) is 17.4 Å². The Balaban J connectivity index is 1.99. The van der Waals surface area contributed by atoms with Crippen LogP contribution in [0.1, 0.15) is 16.0 Å². The molecule has 0 radical (unpaired) electrons. The van der Waals surface area contributed by atoms with Crippen LogP contribution in [0.5, 0.6) is 0 Å². The zero-order valence-electron chi connectivity index (χ0n) is 15.5. The molecular formula is C19H15N7O2S. The van der Waals surface area contributed by atoms with Crippen molar-refractivity contribution < 1.29 is 14.3 Å². The average Bonchev–Trinajstić information content (AvgIpc) is 3.24. The van der Waals surface area contributed by atoms with Gasteiger partial charge in [0.05, 0.1) is 10.6 Å². The van der Waals surface area contributed by atoms with Crippen LogP contribution >= 0.6 is 11.3 Å². The van der Waals surface area contributed by atoms with Crippen LogP contribution < -0.4 is 21.3 Å². The Hall–Kier alpha value is -3.97. The number of thiophene rings is 1. The van der Waals surface area contributed by atoms with E-state index in [1.807, 2.05) is 31.2 Å². The van der Waals surface area contributed by atoms with Gasteiger partial charge >= 0.3 is 5.88 Å². The Morgan fingerprint density at radius 2 is 2.03 bits per heavy atom. The number of aromatic nitrogens is 3. The molecule has 29 heavy (non-hydrogen) atoms. The fourth-order valence-electron chi connectivity index (χ4n) is 2.96. The number of pyridine rings is 1. The third-order valence-corrected chi connectivity index (χ3v) is 5.41. The Morgan fingerprint density at radius 3 is 2.66 bits per heavy atom. The maximum atomic E-state index is 12.7. The summed E-state index contributed by atoms with van der Waals surface area (Å²) in [5.41, 5.74) is 15.1. The Morgan fingerprint density at radius 1 is 1.31 bits per heavy atom. The van der Waals surface area contributed by atoms with Crippen molar-refractivity contribution in [2.45, 2.75) is 6.92 Å². The van der Waals surface area contributed by atoms with Crippen molar-refractivity contribution in [2.24, 2.45) is 12.0 Å². The molecule has 0 aliphatic heterocycles. The summed E-state index contributed by atoms with van der Waals surface area (Å²) in [4.78, 5) is 8.83. The van der Waals surface area contributed by atoms with E-state index in [1.54, 1.807) is 7.05 Å². The van der Waals surface area contributed by atoms with E-state index in [2.05, 4.69) is 21.3 Å². The number of rotatable bonds is 3. The molecule has 0 unspecified atom stereocenters. The summed E-state index contributed by atoms with van der Waals surface area (Å²) < 4.78 is 6.33. The maximum Gasteiger partial charge on any atom is 0.320 e. The summed E-state index contributed by atoms with van der Waals surface area (Å²) in [7, 11) is 1.64. The van der Waals surface area contributed by atoms with Gasteiger partial charge in [0.1, 0.15) is 22.3 Å². The van der Waals surface area contributed by atoms with Crippen LogP contribution in [0.2, 0.25) is 0 Å². The van der Waals surface area contributed by atoms with E-state index in [4.69, 9.17) is 16.0 Å². The highest BCUT2D eigenvalue weighted by Gasteiger charge is 2.21. The smallest absolute Gasteiger partial charge is 0.320 e. The van der Waals surface area contributed by atoms with Gasteiger partial charge < -0.3 is 16.6 Å². The molecule has 4 aromatic rings. The van der Waals surface area contributed by atoms with Crippen LogP contribution in [0.3, 0.4) is 0 Å². The van der Waals surface area contributed by atoms with Gasteiger partial charge in [0.2, 0.25) is 0 Å². The number of fused-ring (bicyclic) bond motifs is 1. The van der Waals surface area contributed by atoms with E-state index in [9.17, 15) is 10.4 Å². The highest BCUT2D eigenvalue weighted by Crippen LogP contribution is 2.42. The predicted octanol–water partition coefficient (Wildman–Crippen LogP) is 1.56. The molecule has 0 fully saturated rings. The molecule has 0 bridgehead atoms. The summed E-state index contributed by atoms with van der Waals surface area (Å²) in [5.74, 6) is -0.456. The SMILES string of the molecule is Cc1ccc(-c2c(C#N)c(N)nc3sc(/C([O-])=N/c4c[n+](C)no4)c(N)c23)cc1. The topological polar surface area (TPSA) is 154 Å². The molecule has 144 valence electrons. The van der Waals surface area contributed by atoms with E-state index < -0.39 is 5.90 Å². The van der Waals surface area contributed by atoms with Gasteiger partial charge in [-0.25, -0.2) is 9.98 Å². The molecule has 0 aliphatic carbocycles. The van der Waals surface area contributed by atoms with Gasteiger partial charge in [0, 0.05) is 16.8 Å². The lowest BCUT2D eigenvalue weighted by molar-refractivity contribution is -0.739. The van der Waals surface area contributed by atoms with Crippen molar-refractivity contribution in [3.05, 3.63) is 46.5 Å². The third kappa shape index (κ3) is 3.13. The first kappa shape index (κ1) is 18.4. The van der Waals surface area contributed by atoms with Gasteiger partial charge in [-0.2, -0.15) is 5.26 Å². The van der Waals surface area contributed by atoms with Crippen molar-refractivity contribution in [1.29, 1.82) is 5.26 Å². The average molecular weight is 405 g/mol. The van der Waals surface area contributed by atoms with Crippen LogP contribution in [0, 0.1) is 18.3 Å². The highest BCUT2D eigenvalue weighted by molar-refractivity contribution is 7.21. The fraction of sp³-hybridized carbons (Fsp3) is 0.105. The predicted molar refractivity (Wildman–Crippen MR) is 107 cm³/mol. The van der Waals surface area contributed by atoms with Crippen molar-refractivity contribution in [3.8, 4) is 17.2 Å². The van der Waals surface area contributed by atoms with E-state index in [0.29, 0.717) is 15.8 Å². The van der Waals surface area contributed by atoms with Crippen LogP contribution in [-0.4, -0.2) is 16.2 Å². The lowest BCUT2D eigenvalue weighted by atomic mass is 9.96. The molecule has 0 amide bonds. The number of hydrogen-bond acceptors (Lipinski definition) is 9. The zero-order valence-corrected chi connectivity index (χ0v) is 16.3. The maximum absolute atomic E-state index is 12.7. The molecular weight excluding hydrogens is 390 g/mol. The van der Waals surface area contributed by atoms with E-state index in [-0.39, 0.29) is 27.8 Å².